The quantitative estimate of drug-likeness (QED) is 0.356. The normalized spacial score (nSPS) is 13.6. The van der Waals surface area contributed by atoms with Crippen molar-refractivity contribution in [2.24, 2.45) is 5.41 Å². The zero-order chi connectivity index (χ0) is 15.7. The molecule has 0 rings (SSSR count). The first-order valence-electron chi connectivity index (χ1n) is 5.03. The van der Waals surface area contributed by atoms with Crippen LogP contribution in [-0.4, -0.2) is 66.3 Å². The molecule has 0 aromatic carbocycles. The Labute approximate surface area is 136 Å². The van der Waals surface area contributed by atoms with Gasteiger partial charge in [0.15, 0.2) is 0 Å². The second-order valence-electron chi connectivity index (χ2n) is 4.83. The predicted octanol–water partition coefficient (Wildman–Crippen LogP) is 1.43. The Hall–Kier alpha value is 0.1000. The van der Waals surface area contributed by atoms with Crippen LogP contribution >= 0.6 is 0 Å². The van der Waals surface area contributed by atoms with Crippen LogP contribution in [0.5, 0.6) is 0 Å². The fraction of sp³-hybridized carbons (Fsp3) is 0.889. The predicted molar refractivity (Wildman–Crippen MR) is 63.6 cm³/mol. The van der Waals surface area contributed by atoms with E-state index in [1.807, 2.05) is 0 Å². The van der Waals surface area contributed by atoms with E-state index in [1.54, 1.807) is 0 Å². The van der Waals surface area contributed by atoms with Crippen molar-refractivity contribution in [3.63, 3.8) is 0 Å². The van der Waals surface area contributed by atoms with E-state index >= 15 is 0 Å². The summed E-state index contributed by atoms with van der Waals surface area (Å²) < 4.78 is 84.1. The van der Waals surface area contributed by atoms with E-state index < -0.39 is 45.7 Å². The maximum absolute atomic E-state index is 13.0. The van der Waals surface area contributed by atoms with Crippen LogP contribution in [0.2, 0.25) is 0 Å². The van der Waals surface area contributed by atoms with Crippen LogP contribution in [0.25, 0.3) is 0 Å². The summed E-state index contributed by atoms with van der Waals surface area (Å²) in [4.78, 5) is 11.2. The zero-order valence-corrected chi connectivity index (χ0v) is 11.2. The molecule has 0 saturated carbocycles. The van der Waals surface area contributed by atoms with Gasteiger partial charge in [0.1, 0.15) is 0 Å². The van der Waals surface area contributed by atoms with Gasteiger partial charge >= 0.3 is 56.8 Å². The Morgan fingerprint density at radius 3 is 1.85 bits per heavy atom. The first-order chi connectivity index (χ1) is 8.13. The Bertz CT molecular complexity index is 444. The van der Waals surface area contributed by atoms with Gasteiger partial charge in [-0.2, -0.15) is 26.0 Å². The van der Waals surface area contributed by atoms with Crippen molar-refractivity contribution >= 4 is 45.6 Å². The van der Waals surface area contributed by atoms with Crippen molar-refractivity contribution in [3.8, 4) is 0 Å². The van der Waals surface area contributed by atoms with Crippen molar-refractivity contribution in [1.82, 2.24) is 0 Å². The van der Waals surface area contributed by atoms with Gasteiger partial charge in [-0.1, -0.05) is 0 Å². The number of alkyl halides is 4. The molecule has 0 amide bonds. The fourth-order valence-electron chi connectivity index (χ4n) is 0.823. The molecule has 0 aliphatic heterocycles. The molecule has 0 bridgehead atoms. The van der Waals surface area contributed by atoms with Gasteiger partial charge in [0.05, 0.1) is 18.4 Å². The number of halogens is 4. The summed E-state index contributed by atoms with van der Waals surface area (Å²) in [6.45, 7) is 3.15. The van der Waals surface area contributed by atoms with Gasteiger partial charge in [-0.25, -0.2) is 0 Å². The molecule has 0 heterocycles. The molecule has 0 unspecified atom stereocenters. The van der Waals surface area contributed by atoms with Crippen LogP contribution in [0.4, 0.5) is 17.6 Å². The van der Waals surface area contributed by atoms with E-state index in [2.05, 4.69) is 4.74 Å². The van der Waals surface area contributed by atoms with Crippen LogP contribution in [-0.2, 0) is 19.6 Å². The SMILES string of the molecule is CC(C)(C)C(=O)OCCC(F)(F)C(F)(F)S(=O)(=O)O.[NaH]. The van der Waals surface area contributed by atoms with Crippen molar-refractivity contribution in [3.05, 3.63) is 0 Å². The molecule has 0 aromatic heterocycles. The third kappa shape index (κ3) is 5.47. The molecule has 0 aliphatic rings. The Kier molecular flexibility index (Phi) is 7.73. The number of carbonyl (C=O) groups excluding carboxylic acids is 1. The number of rotatable bonds is 5. The molecule has 0 saturated heterocycles. The van der Waals surface area contributed by atoms with E-state index in [0.717, 1.165) is 0 Å². The summed E-state index contributed by atoms with van der Waals surface area (Å²) in [6, 6.07) is 0. The molecule has 1 N–H and O–H groups in total. The van der Waals surface area contributed by atoms with E-state index in [0.29, 0.717) is 0 Å². The van der Waals surface area contributed by atoms with Gasteiger partial charge in [0.25, 0.3) is 0 Å². The van der Waals surface area contributed by atoms with Crippen LogP contribution < -0.4 is 0 Å². The van der Waals surface area contributed by atoms with Crippen molar-refractivity contribution in [2.75, 3.05) is 6.61 Å². The molecule has 0 spiro atoms. The summed E-state index contributed by atoms with van der Waals surface area (Å²) >= 11 is 0. The monoisotopic (exact) mass is 334 g/mol. The molecule has 0 fully saturated rings. The second kappa shape index (κ2) is 6.91. The summed E-state index contributed by atoms with van der Waals surface area (Å²) in [5, 5.41) is -5.64. The molecular formula is C9H15F4NaO5S. The molecular weight excluding hydrogens is 319 g/mol. The first-order valence-corrected chi connectivity index (χ1v) is 6.47. The molecule has 0 aromatic rings. The third-order valence-corrected chi connectivity index (χ3v) is 2.96. The number of hydrogen-bond donors (Lipinski definition) is 1. The molecule has 116 valence electrons. The number of ether oxygens (including phenoxy) is 1. The average molecular weight is 334 g/mol. The molecule has 5 nitrogen and oxygen atoms in total. The Morgan fingerprint density at radius 1 is 1.15 bits per heavy atom. The Morgan fingerprint density at radius 2 is 1.55 bits per heavy atom. The number of hydrogen-bond acceptors (Lipinski definition) is 4. The van der Waals surface area contributed by atoms with Crippen molar-refractivity contribution < 1.29 is 40.1 Å². The average Bonchev–Trinajstić information content (AvgIpc) is 2.13. The summed E-state index contributed by atoms with van der Waals surface area (Å²) in [6.07, 6.45) is -1.73. The molecule has 0 radical (unpaired) electrons. The molecule has 20 heavy (non-hydrogen) atoms. The summed E-state index contributed by atoms with van der Waals surface area (Å²) in [5.74, 6) is -5.96. The number of esters is 1. The first kappa shape index (κ1) is 22.4. The van der Waals surface area contributed by atoms with E-state index in [9.17, 15) is 30.8 Å². The summed E-state index contributed by atoms with van der Waals surface area (Å²) in [5.41, 5.74) is -1.01. The number of carbonyl (C=O) groups is 1. The van der Waals surface area contributed by atoms with Gasteiger partial charge in [-0.3, -0.25) is 9.35 Å². The Balaban J connectivity index is 0. The van der Waals surface area contributed by atoms with Crippen molar-refractivity contribution in [2.45, 2.75) is 38.4 Å². The minimum atomic E-state index is -6.26. The van der Waals surface area contributed by atoms with Crippen LogP contribution in [0.15, 0.2) is 0 Å². The van der Waals surface area contributed by atoms with Crippen LogP contribution in [0.1, 0.15) is 27.2 Å². The van der Waals surface area contributed by atoms with E-state index in [-0.39, 0.29) is 29.6 Å². The van der Waals surface area contributed by atoms with E-state index in [1.165, 1.54) is 20.8 Å². The van der Waals surface area contributed by atoms with Gasteiger partial charge in [-0.05, 0) is 20.8 Å². The second-order valence-corrected chi connectivity index (χ2v) is 6.30. The molecule has 11 heteroatoms. The molecule has 0 aliphatic carbocycles. The van der Waals surface area contributed by atoms with Gasteiger partial charge in [0, 0.05) is 0 Å². The minimum absolute atomic E-state index is 0. The fourth-order valence-corrected chi connectivity index (χ4v) is 1.30. The zero-order valence-electron chi connectivity index (χ0n) is 10.4. The van der Waals surface area contributed by atoms with Gasteiger partial charge in [0.2, 0.25) is 0 Å². The molecule has 0 atom stereocenters. The topological polar surface area (TPSA) is 80.7 Å². The van der Waals surface area contributed by atoms with E-state index in [4.69, 9.17) is 4.55 Å². The van der Waals surface area contributed by atoms with Gasteiger partial charge < -0.3 is 4.74 Å². The standard InChI is InChI=1S/C9H14F4O5S.Na.H/c1-7(2,3)6(14)18-5-4-8(10,11)9(12,13)19(15,16)17;;/h4-5H2,1-3H3,(H,15,16,17);;. The summed E-state index contributed by atoms with van der Waals surface area (Å²) in [7, 11) is -6.26. The van der Waals surface area contributed by atoms with Crippen molar-refractivity contribution in [1.29, 1.82) is 0 Å². The van der Waals surface area contributed by atoms with Gasteiger partial charge in [-0.15, -0.1) is 0 Å². The van der Waals surface area contributed by atoms with Crippen LogP contribution in [0, 0.1) is 5.41 Å². The van der Waals surface area contributed by atoms with Crippen LogP contribution in [0.3, 0.4) is 0 Å². The maximum atomic E-state index is 13.0. The third-order valence-electron chi connectivity index (χ3n) is 2.01.